The van der Waals surface area contributed by atoms with Crippen molar-refractivity contribution in [2.75, 3.05) is 24.9 Å². The van der Waals surface area contributed by atoms with E-state index < -0.39 is 6.04 Å². The van der Waals surface area contributed by atoms with E-state index in [2.05, 4.69) is 15.7 Å². The minimum Gasteiger partial charge on any atom is -0.497 e. The SMILES string of the molecule is COc1ccc(NC(=O)C2CC(=O)Nc3c(C)c(-c4ccc(Cl)cc4)nn32)c(OC)c1. The van der Waals surface area contributed by atoms with Crippen LogP contribution in [0, 0.1) is 6.92 Å². The lowest BCUT2D eigenvalue weighted by molar-refractivity contribution is -0.125. The van der Waals surface area contributed by atoms with E-state index in [-0.39, 0.29) is 18.2 Å². The summed E-state index contributed by atoms with van der Waals surface area (Å²) in [6.45, 7) is 1.86. The van der Waals surface area contributed by atoms with Gasteiger partial charge in [0, 0.05) is 22.2 Å². The second kappa shape index (κ2) is 8.31. The van der Waals surface area contributed by atoms with Crippen LogP contribution in [0.25, 0.3) is 11.3 Å². The summed E-state index contributed by atoms with van der Waals surface area (Å²) in [6.07, 6.45) is -0.0293. The molecule has 9 heteroatoms. The predicted octanol–water partition coefficient (Wildman–Crippen LogP) is 4.05. The Balaban J connectivity index is 1.68. The van der Waals surface area contributed by atoms with E-state index in [4.69, 9.17) is 21.1 Å². The molecule has 1 atom stereocenters. The first-order chi connectivity index (χ1) is 14.9. The highest BCUT2D eigenvalue weighted by Crippen LogP contribution is 2.36. The molecule has 4 rings (SSSR count). The molecule has 160 valence electrons. The average molecular weight is 441 g/mol. The summed E-state index contributed by atoms with van der Waals surface area (Å²) in [5.74, 6) is 0.934. The maximum atomic E-state index is 13.1. The zero-order valence-electron chi connectivity index (χ0n) is 17.2. The molecule has 0 aliphatic carbocycles. The van der Waals surface area contributed by atoms with Gasteiger partial charge >= 0.3 is 0 Å². The lowest BCUT2D eigenvalue weighted by Crippen LogP contribution is -2.36. The number of fused-ring (bicyclic) bond motifs is 1. The normalized spacial score (nSPS) is 15.1. The molecule has 2 N–H and O–H groups in total. The summed E-state index contributed by atoms with van der Waals surface area (Å²) in [5.41, 5.74) is 2.76. The first-order valence-electron chi connectivity index (χ1n) is 9.59. The van der Waals surface area contributed by atoms with E-state index in [1.54, 1.807) is 42.1 Å². The summed E-state index contributed by atoms with van der Waals surface area (Å²) >= 11 is 5.99. The highest BCUT2D eigenvalue weighted by molar-refractivity contribution is 6.30. The summed E-state index contributed by atoms with van der Waals surface area (Å²) in [4.78, 5) is 25.5. The Morgan fingerprint density at radius 2 is 1.94 bits per heavy atom. The summed E-state index contributed by atoms with van der Waals surface area (Å²) in [6, 6.07) is 11.5. The average Bonchev–Trinajstić information content (AvgIpc) is 3.10. The van der Waals surface area contributed by atoms with E-state index in [9.17, 15) is 9.59 Å². The van der Waals surface area contributed by atoms with Crippen molar-refractivity contribution in [1.82, 2.24) is 9.78 Å². The van der Waals surface area contributed by atoms with Gasteiger partial charge in [-0.2, -0.15) is 5.10 Å². The van der Waals surface area contributed by atoms with Gasteiger partial charge in [-0.15, -0.1) is 0 Å². The molecule has 1 aliphatic heterocycles. The molecular formula is C22H21ClN4O4. The zero-order valence-corrected chi connectivity index (χ0v) is 18.0. The summed E-state index contributed by atoms with van der Waals surface area (Å²) < 4.78 is 12.1. The van der Waals surface area contributed by atoms with Gasteiger partial charge in [-0.25, -0.2) is 4.68 Å². The number of nitrogens with zero attached hydrogens (tertiary/aromatic N) is 2. The van der Waals surface area contributed by atoms with Gasteiger partial charge in [0.15, 0.2) is 0 Å². The quantitative estimate of drug-likeness (QED) is 0.624. The maximum absolute atomic E-state index is 13.1. The number of carbonyl (C=O) groups is 2. The second-order valence-electron chi connectivity index (χ2n) is 7.10. The molecule has 8 nitrogen and oxygen atoms in total. The van der Waals surface area contributed by atoms with Gasteiger partial charge in [-0.3, -0.25) is 9.59 Å². The lowest BCUT2D eigenvalue weighted by atomic mass is 10.1. The van der Waals surface area contributed by atoms with E-state index in [1.165, 1.54) is 7.11 Å². The molecule has 0 bridgehead atoms. The van der Waals surface area contributed by atoms with E-state index in [1.807, 2.05) is 19.1 Å². The van der Waals surface area contributed by atoms with Crippen molar-refractivity contribution in [2.24, 2.45) is 0 Å². The number of rotatable bonds is 5. The third-order valence-electron chi connectivity index (χ3n) is 5.17. The fourth-order valence-corrected chi connectivity index (χ4v) is 3.67. The number of hydrogen-bond acceptors (Lipinski definition) is 5. The van der Waals surface area contributed by atoms with Gasteiger partial charge in [0.05, 0.1) is 32.0 Å². The molecule has 3 aromatic rings. The van der Waals surface area contributed by atoms with Gasteiger partial charge in [0.1, 0.15) is 23.4 Å². The first kappa shape index (κ1) is 20.7. The van der Waals surface area contributed by atoms with Crippen molar-refractivity contribution in [1.29, 1.82) is 0 Å². The largest absolute Gasteiger partial charge is 0.497 e. The fraction of sp³-hybridized carbons (Fsp3) is 0.227. The Kier molecular flexibility index (Phi) is 5.56. The van der Waals surface area contributed by atoms with Crippen LogP contribution in [0.3, 0.4) is 0 Å². The van der Waals surface area contributed by atoms with Crippen LogP contribution in [0.15, 0.2) is 42.5 Å². The van der Waals surface area contributed by atoms with Crippen LogP contribution in [-0.4, -0.2) is 35.8 Å². The molecule has 2 aromatic carbocycles. The molecule has 0 saturated heterocycles. The van der Waals surface area contributed by atoms with Crippen LogP contribution in [0.4, 0.5) is 11.5 Å². The molecule has 1 aromatic heterocycles. The monoisotopic (exact) mass is 440 g/mol. The number of carbonyl (C=O) groups excluding carboxylic acids is 2. The van der Waals surface area contributed by atoms with Crippen LogP contribution in [0.5, 0.6) is 11.5 Å². The Morgan fingerprint density at radius 3 is 2.61 bits per heavy atom. The highest BCUT2D eigenvalue weighted by Gasteiger charge is 2.34. The van der Waals surface area contributed by atoms with Crippen molar-refractivity contribution < 1.29 is 19.1 Å². The fourth-order valence-electron chi connectivity index (χ4n) is 3.54. The third-order valence-corrected chi connectivity index (χ3v) is 5.42. The molecule has 2 amide bonds. The van der Waals surface area contributed by atoms with Crippen molar-refractivity contribution in [2.45, 2.75) is 19.4 Å². The minimum atomic E-state index is -0.810. The molecule has 31 heavy (non-hydrogen) atoms. The second-order valence-corrected chi connectivity index (χ2v) is 7.53. The van der Waals surface area contributed by atoms with Gasteiger partial charge < -0.3 is 20.1 Å². The third kappa shape index (κ3) is 3.94. The Hall–Kier alpha value is -3.52. The molecule has 0 saturated carbocycles. The first-order valence-corrected chi connectivity index (χ1v) is 9.97. The summed E-state index contributed by atoms with van der Waals surface area (Å²) in [5, 5.41) is 10.9. The van der Waals surface area contributed by atoms with Crippen LogP contribution < -0.4 is 20.1 Å². The number of anilines is 2. The molecule has 1 aliphatic rings. The van der Waals surface area contributed by atoms with Gasteiger partial charge in [0.2, 0.25) is 11.8 Å². The number of nitrogens with one attached hydrogen (secondary N) is 2. The Morgan fingerprint density at radius 1 is 1.19 bits per heavy atom. The van der Waals surface area contributed by atoms with Gasteiger partial charge in [-0.05, 0) is 31.2 Å². The molecule has 0 spiro atoms. The Bertz CT molecular complexity index is 1160. The number of benzene rings is 2. The number of halogens is 1. The van der Waals surface area contributed by atoms with E-state index >= 15 is 0 Å². The number of hydrogen-bond donors (Lipinski definition) is 2. The maximum Gasteiger partial charge on any atom is 0.249 e. The molecule has 0 radical (unpaired) electrons. The highest BCUT2D eigenvalue weighted by atomic mass is 35.5. The van der Waals surface area contributed by atoms with Crippen molar-refractivity contribution in [3.05, 3.63) is 53.1 Å². The molecule has 2 heterocycles. The van der Waals surface area contributed by atoms with Crippen LogP contribution in [0.2, 0.25) is 5.02 Å². The predicted molar refractivity (Wildman–Crippen MR) is 118 cm³/mol. The van der Waals surface area contributed by atoms with Crippen molar-refractivity contribution >= 4 is 34.9 Å². The summed E-state index contributed by atoms with van der Waals surface area (Å²) in [7, 11) is 3.05. The van der Waals surface area contributed by atoms with Crippen LogP contribution in [-0.2, 0) is 9.59 Å². The van der Waals surface area contributed by atoms with Crippen molar-refractivity contribution in [3.63, 3.8) is 0 Å². The number of aromatic nitrogens is 2. The topological polar surface area (TPSA) is 94.5 Å². The number of amides is 2. The van der Waals surface area contributed by atoms with E-state index in [0.29, 0.717) is 33.7 Å². The minimum absolute atomic E-state index is 0.0293. The molecular weight excluding hydrogens is 420 g/mol. The lowest BCUT2D eigenvalue weighted by Gasteiger charge is -2.24. The zero-order chi connectivity index (χ0) is 22.1. The Labute approximate surface area is 184 Å². The number of ether oxygens (including phenoxy) is 2. The standard InChI is InChI=1S/C22H21ClN4O4/c1-12-20(13-4-6-14(23)7-5-13)26-27-17(11-19(28)25-21(12)27)22(29)24-16-9-8-15(30-2)10-18(16)31-3/h4-10,17H,11H2,1-3H3,(H,24,29)(H,25,28). The van der Waals surface area contributed by atoms with Crippen molar-refractivity contribution in [3.8, 4) is 22.8 Å². The van der Waals surface area contributed by atoms with Crippen LogP contribution >= 0.6 is 11.6 Å². The smallest absolute Gasteiger partial charge is 0.249 e. The number of methoxy groups -OCH3 is 2. The van der Waals surface area contributed by atoms with Gasteiger partial charge in [0.25, 0.3) is 0 Å². The van der Waals surface area contributed by atoms with Gasteiger partial charge in [-0.1, -0.05) is 23.7 Å². The molecule has 1 unspecified atom stereocenters. The molecule has 0 fully saturated rings. The van der Waals surface area contributed by atoms with Crippen LogP contribution in [0.1, 0.15) is 18.0 Å². The van der Waals surface area contributed by atoms with E-state index in [0.717, 1.165) is 11.1 Å².